The van der Waals surface area contributed by atoms with E-state index in [4.69, 9.17) is 11.6 Å². The van der Waals surface area contributed by atoms with E-state index in [-0.39, 0.29) is 28.2 Å². The SMILES string of the molecule is O=C1[C@@H]2[C@H](C(=O)N1c1cc([N+](=O)[O-])cc(Cl)c1O)[C@@H]1C=C[C@H]2C1. The molecule has 1 aromatic carbocycles. The van der Waals surface area contributed by atoms with Gasteiger partial charge in [0, 0.05) is 12.1 Å². The Morgan fingerprint density at radius 1 is 1.17 bits per heavy atom. The van der Waals surface area contributed by atoms with Crippen molar-refractivity contribution in [3.05, 3.63) is 39.4 Å². The van der Waals surface area contributed by atoms with Gasteiger partial charge < -0.3 is 5.11 Å². The summed E-state index contributed by atoms with van der Waals surface area (Å²) in [6.45, 7) is 0. The molecule has 2 amide bonds. The second kappa shape index (κ2) is 4.55. The van der Waals surface area contributed by atoms with Crippen LogP contribution in [0.25, 0.3) is 0 Å². The number of amides is 2. The Kier molecular flexibility index (Phi) is 2.81. The molecular formula is C15H11ClN2O5. The van der Waals surface area contributed by atoms with Crippen molar-refractivity contribution in [2.75, 3.05) is 4.90 Å². The van der Waals surface area contributed by atoms with E-state index in [9.17, 15) is 24.8 Å². The lowest BCUT2D eigenvalue weighted by atomic mass is 9.85. The number of imide groups is 1. The standard InChI is InChI=1S/C15H11ClN2O5/c16-9-4-8(18(22)23)5-10(13(9)19)17-14(20)11-6-1-2-7(3-6)12(11)15(17)21/h1-2,4-7,11-12,19H,3H2/t6-,7+,11-,12+. The van der Waals surface area contributed by atoms with Gasteiger partial charge in [-0.05, 0) is 18.3 Å². The number of phenolic OH excluding ortho intramolecular Hbond substituents is 1. The Morgan fingerprint density at radius 3 is 2.26 bits per heavy atom. The number of phenols is 1. The van der Waals surface area contributed by atoms with Crippen LogP contribution in [-0.4, -0.2) is 21.8 Å². The number of anilines is 1. The van der Waals surface area contributed by atoms with Crippen LogP contribution >= 0.6 is 11.6 Å². The Bertz CT molecular complexity index is 775. The van der Waals surface area contributed by atoms with Crippen molar-refractivity contribution in [3.8, 4) is 5.75 Å². The van der Waals surface area contributed by atoms with Crippen molar-refractivity contribution in [1.29, 1.82) is 0 Å². The quantitative estimate of drug-likeness (QED) is 0.387. The van der Waals surface area contributed by atoms with Gasteiger partial charge >= 0.3 is 0 Å². The number of aromatic hydroxyl groups is 1. The van der Waals surface area contributed by atoms with E-state index in [0.717, 1.165) is 23.5 Å². The van der Waals surface area contributed by atoms with Crippen molar-refractivity contribution >= 4 is 34.8 Å². The second-order valence-electron chi connectivity index (χ2n) is 6.06. The third-order valence-electron chi connectivity index (χ3n) is 4.95. The molecule has 2 aliphatic carbocycles. The van der Waals surface area contributed by atoms with Gasteiger partial charge in [-0.3, -0.25) is 19.7 Å². The topological polar surface area (TPSA) is 101 Å². The first kappa shape index (κ1) is 14.2. The molecular weight excluding hydrogens is 324 g/mol. The number of allylic oxidation sites excluding steroid dienone is 2. The summed E-state index contributed by atoms with van der Waals surface area (Å²) in [4.78, 5) is 36.5. The molecule has 23 heavy (non-hydrogen) atoms. The number of nitro benzene ring substituents is 1. The zero-order chi connectivity index (χ0) is 16.5. The van der Waals surface area contributed by atoms with Crippen LogP contribution in [0.3, 0.4) is 0 Å². The first-order valence-corrected chi connectivity index (χ1v) is 7.51. The van der Waals surface area contributed by atoms with Crippen molar-refractivity contribution in [2.24, 2.45) is 23.7 Å². The molecule has 1 saturated heterocycles. The number of nitro groups is 1. The summed E-state index contributed by atoms with van der Waals surface area (Å²) in [5, 5.41) is 20.8. The van der Waals surface area contributed by atoms with E-state index in [1.807, 2.05) is 12.2 Å². The lowest BCUT2D eigenvalue weighted by Gasteiger charge is -2.18. The molecule has 4 atom stereocenters. The molecule has 0 radical (unpaired) electrons. The molecule has 0 unspecified atom stereocenters. The van der Waals surface area contributed by atoms with Gasteiger partial charge in [0.15, 0.2) is 5.75 Å². The molecule has 2 bridgehead atoms. The van der Waals surface area contributed by atoms with Crippen LogP contribution in [0.15, 0.2) is 24.3 Å². The predicted octanol–water partition coefficient (Wildman–Crippen LogP) is 2.27. The van der Waals surface area contributed by atoms with Crippen LogP contribution < -0.4 is 4.90 Å². The molecule has 2 fully saturated rings. The molecule has 7 nitrogen and oxygen atoms in total. The summed E-state index contributed by atoms with van der Waals surface area (Å²) < 4.78 is 0. The number of nitrogens with zero attached hydrogens (tertiary/aromatic N) is 2. The summed E-state index contributed by atoms with van der Waals surface area (Å²) in [6.07, 6.45) is 4.67. The van der Waals surface area contributed by atoms with E-state index >= 15 is 0 Å². The fourth-order valence-electron chi connectivity index (χ4n) is 3.99. The van der Waals surface area contributed by atoms with E-state index in [0.29, 0.717) is 0 Å². The number of hydrogen-bond donors (Lipinski definition) is 1. The normalized spacial score (nSPS) is 31.1. The van der Waals surface area contributed by atoms with Crippen LogP contribution in [-0.2, 0) is 9.59 Å². The molecule has 1 aromatic rings. The maximum atomic E-state index is 12.7. The highest BCUT2D eigenvalue weighted by Gasteiger charge is 2.60. The average Bonchev–Trinajstić information content (AvgIpc) is 3.17. The van der Waals surface area contributed by atoms with Gasteiger partial charge in [0.1, 0.15) is 5.69 Å². The molecule has 1 aliphatic heterocycles. The van der Waals surface area contributed by atoms with Crippen molar-refractivity contribution in [1.82, 2.24) is 0 Å². The zero-order valence-electron chi connectivity index (χ0n) is 11.7. The third kappa shape index (κ3) is 1.77. The third-order valence-corrected chi connectivity index (χ3v) is 5.24. The number of halogens is 1. The van der Waals surface area contributed by atoms with Crippen LogP contribution in [0, 0.1) is 33.8 Å². The minimum Gasteiger partial charge on any atom is -0.504 e. The summed E-state index contributed by atoms with van der Waals surface area (Å²) >= 11 is 5.81. The highest BCUT2D eigenvalue weighted by atomic mass is 35.5. The monoisotopic (exact) mass is 334 g/mol. The predicted molar refractivity (Wildman–Crippen MR) is 80.0 cm³/mol. The molecule has 3 aliphatic rings. The molecule has 1 saturated carbocycles. The Hall–Kier alpha value is -2.41. The van der Waals surface area contributed by atoms with Gasteiger partial charge in [-0.15, -0.1) is 0 Å². The Morgan fingerprint density at radius 2 is 1.74 bits per heavy atom. The molecule has 0 spiro atoms. The van der Waals surface area contributed by atoms with Crippen molar-refractivity contribution in [3.63, 3.8) is 0 Å². The minimum atomic E-state index is -0.689. The summed E-state index contributed by atoms with van der Waals surface area (Å²) in [7, 11) is 0. The summed E-state index contributed by atoms with van der Waals surface area (Å²) in [6, 6.07) is 1.99. The number of carbonyl (C=O) groups is 2. The van der Waals surface area contributed by atoms with Crippen molar-refractivity contribution in [2.45, 2.75) is 6.42 Å². The van der Waals surface area contributed by atoms with Gasteiger partial charge in [-0.2, -0.15) is 0 Å². The Labute approximate surface area is 135 Å². The van der Waals surface area contributed by atoms with Gasteiger partial charge in [-0.25, -0.2) is 4.90 Å². The number of non-ortho nitro benzene ring substituents is 1. The number of rotatable bonds is 2. The fourth-order valence-corrected chi connectivity index (χ4v) is 4.19. The van der Waals surface area contributed by atoms with Gasteiger partial charge in [-0.1, -0.05) is 23.8 Å². The maximum Gasteiger partial charge on any atom is 0.273 e. The molecule has 118 valence electrons. The molecule has 4 rings (SSSR count). The lowest BCUT2D eigenvalue weighted by Crippen LogP contribution is -2.33. The summed E-state index contributed by atoms with van der Waals surface area (Å²) in [5.41, 5.74) is -0.602. The largest absolute Gasteiger partial charge is 0.504 e. The minimum absolute atomic E-state index is 0.0164. The zero-order valence-corrected chi connectivity index (χ0v) is 12.4. The lowest BCUT2D eigenvalue weighted by molar-refractivity contribution is -0.384. The van der Waals surface area contributed by atoms with Gasteiger partial charge in [0.25, 0.3) is 5.69 Å². The van der Waals surface area contributed by atoms with Gasteiger partial charge in [0.05, 0.1) is 21.8 Å². The smallest absolute Gasteiger partial charge is 0.273 e. The number of fused-ring (bicyclic) bond motifs is 5. The molecule has 1 heterocycles. The Balaban J connectivity index is 1.82. The van der Waals surface area contributed by atoms with Crippen LogP contribution in [0.4, 0.5) is 11.4 Å². The van der Waals surface area contributed by atoms with E-state index in [1.165, 1.54) is 0 Å². The second-order valence-corrected chi connectivity index (χ2v) is 6.47. The fraction of sp³-hybridized carbons (Fsp3) is 0.333. The first-order chi connectivity index (χ1) is 10.9. The highest BCUT2D eigenvalue weighted by Crippen LogP contribution is 2.54. The maximum absolute atomic E-state index is 12.7. The number of carbonyl (C=O) groups excluding carboxylic acids is 2. The average molecular weight is 335 g/mol. The van der Waals surface area contributed by atoms with Crippen molar-refractivity contribution < 1.29 is 19.6 Å². The highest BCUT2D eigenvalue weighted by molar-refractivity contribution is 6.33. The summed E-state index contributed by atoms with van der Waals surface area (Å²) in [5.74, 6) is -2.22. The van der Waals surface area contributed by atoms with Crippen LogP contribution in [0.5, 0.6) is 5.75 Å². The number of hydrogen-bond acceptors (Lipinski definition) is 5. The van der Waals surface area contributed by atoms with E-state index in [1.54, 1.807) is 0 Å². The molecule has 8 heteroatoms. The number of benzene rings is 1. The molecule has 0 aromatic heterocycles. The van der Waals surface area contributed by atoms with Crippen LogP contribution in [0.2, 0.25) is 5.02 Å². The van der Waals surface area contributed by atoms with Crippen LogP contribution in [0.1, 0.15) is 6.42 Å². The van der Waals surface area contributed by atoms with E-state index in [2.05, 4.69) is 0 Å². The van der Waals surface area contributed by atoms with Gasteiger partial charge in [0.2, 0.25) is 11.8 Å². The molecule has 1 N–H and O–H groups in total. The van der Waals surface area contributed by atoms with E-state index < -0.39 is 34.3 Å². The first-order valence-electron chi connectivity index (χ1n) is 7.13.